The lowest BCUT2D eigenvalue weighted by Crippen LogP contribution is -2.03. The van der Waals surface area contributed by atoms with Crippen molar-refractivity contribution in [3.63, 3.8) is 0 Å². The minimum absolute atomic E-state index is 0.357. The maximum atomic E-state index is 13.1. The quantitative estimate of drug-likeness (QED) is 0.148. The third-order valence-electron chi connectivity index (χ3n) is 2.12. The van der Waals surface area contributed by atoms with Crippen LogP contribution in [0.3, 0.4) is 0 Å². The summed E-state index contributed by atoms with van der Waals surface area (Å²) in [6, 6.07) is 1.09. The van der Waals surface area contributed by atoms with E-state index in [2.05, 4.69) is 37.7 Å². The first kappa shape index (κ1) is 18.5. The Balaban J connectivity index is 0.000000612. The number of hydrogen-bond acceptors (Lipinski definition) is 0. The van der Waals surface area contributed by atoms with Crippen molar-refractivity contribution in [3.8, 4) is 0 Å². The molecule has 2 aromatic rings. The molecule has 0 bridgehead atoms. The molecule has 0 atom stereocenters. The first-order valence-electron chi connectivity index (χ1n) is 4.61. The fourth-order valence-electron chi connectivity index (χ4n) is 1.37. The van der Waals surface area contributed by atoms with Crippen molar-refractivity contribution in [1.82, 2.24) is 0 Å². The predicted molar refractivity (Wildman–Crippen MR) is 76.3 cm³/mol. The van der Waals surface area contributed by atoms with Crippen molar-refractivity contribution in [1.29, 1.82) is 0 Å². The highest BCUT2D eigenvalue weighted by Gasteiger charge is 2.27. The molecule has 0 aliphatic carbocycles. The Morgan fingerprint density at radius 1 is 0.600 bits per heavy atom. The van der Waals surface area contributed by atoms with E-state index in [0.29, 0.717) is 12.6 Å². The van der Waals surface area contributed by atoms with Crippen molar-refractivity contribution >= 4 is 61.1 Å². The van der Waals surface area contributed by atoms with Gasteiger partial charge in [-0.3, -0.25) is 37.7 Å². The predicted octanol–water partition coefficient (Wildman–Crippen LogP) is 5.00. The standard InChI is InChI=1S/C10F7.2HI.Mg/c11-2-1-3(12)6(13)5-4(2)7(14)9(16)10(17)8(5)15;;;/h;2*1H;/q;;;+2/p-2. The van der Waals surface area contributed by atoms with Crippen molar-refractivity contribution in [2.24, 2.45) is 0 Å². The molecule has 20 heavy (non-hydrogen) atoms. The number of fused-ring (bicyclic) bond motifs is 1. The Bertz CT molecular complexity index is 662. The summed E-state index contributed by atoms with van der Waals surface area (Å²) < 4.78 is 90.4. The number of benzene rings is 2. The van der Waals surface area contributed by atoms with E-state index in [9.17, 15) is 30.7 Å². The van der Waals surface area contributed by atoms with Crippen molar-refractivity contribution in [2.45, 2.75) is 0 Å². The van der Waals surface area contributed by atoms with Gasteiger partial charge in [0.05, 0.1) is 16.8 Å². The zero-order valence-electron chi connectivity index (χ0n) is 9.11. The summed E-state index contributed by atoms with van der Waals surface area (Å²) in [7, 11) is 0. The molecule has 0 N–H and O–H groups in total. The average molecular weight is 531 g/mol. The molecule has 0 saturated carbocycles. The van der Waals surface area contributed by atoms with Crippen LogP contribution in [0, 0.1) is 46.8 Å². The van der Waals surface area contributed by atoms with Crippen LogP contribution in [0.15, 0.2) is 0 Å². The molecule has 105 valence electrons. The van der Waals surface area contributed by atoms with Gasteiger partial charge >= 0.3 is 12.6 Å². The van der Waals surface area contributed by atoms with E-state index in [1.165, 1.54) is 0 Å². The summed E-state index contributed by atoms with van der Waals surface area (Å²) in [5.41, 5.74) is 0. The molecular formula is C10F7I2Mg. The van der Waals surface area contributed by atoms with Gasteiger partial charge in [0.2, 0.25) is 0 Å². The second kappa shape index (κ2) is 7.62. The smallest absolute Gasteiger partial charge is 0.276 e. The van der Waals surface area contributed by atoms with E-state index in [4.69, 9.17) is 0 Å². The molecule has 0 fully saturated rings. The Morgan fingerprint density at radius 3 is 1.45 bits per heavy atom. The van der Waals surface area contributed by atoms with Crippen molar-refractivity contribution in [2.75, 3.05) is 0 Å². The van der Waals surface area contributed by atoms with Gasteiger partial charge in [-0.2, -0.15) is 0 Å². The summed E-state index contributed by atoms with van der Waals surface area (Å²) in [6.07, 6.45) is 0. The maximum absolute atomic E-state index is 13.1. The lowest BCUT2D eigenvalue weighted by Gasteiger charge is -2.06. The third-order valence-corrected chi connectivity index (χ3v) is 2.12. The zero-order valence-corrected chi connectivity index (χ0v) is 14.8. The minimum Gasteiger partial charge on any atom is -0.276 e. The maximum Gasteiger partial charge on any atom is 0.552 e. The van der Waals surface area contributed by atoms with Crippen LogP contribution in [-0.4, -0.2) is 12.6 Å². The largest absolute Gasteiger partial charge is 0.552 e. The van der Waals surface area contributed by atoms with Gasteiger partial charge < -0.3 is 0 Å². The van der Waals surface area contributed by atoms with E-state index in [1.54, 1.807) is 0 Å². The topological polar surface area (TPSA) is 0 Å². The van der Waals surface area contributed by atoms with Crippen LogP contribution in [0.4, 0.5) is 30.7 Å². The lowest BCUT2D eigenvalue weighted by molar-refractivity contribution is 0.411. The van der Waals surface area contributed by atoms with Gasteiger partial charge in [-0.1, -0.05) is 0 Å². The summed E-state index contributed by atoms with van der Waals surface area (Å²) in [6.45, 7) is 0. The van der Waals surface area contributed by atoms with Crippen LogP contribution in [0.25, 0.3) is 10.8 Å². The number of hydrogen-bond donors (Lipinski definition) is 0. The van der Waals surface area contributed by atoms with Gasteiger partial charge in [-0.15, -0.1) is 0 Å². The fraction of sp³-hybridized carbons (Fsp3) is 0. The molecule has 0 saturated heterocycles. The highest BCUT2D eigenvalue weighted by atomic mass is 127. The Hall–Kier alpha value is 0.436. The lowest BCUT2D eigenvalue weighted by atomic mass is 10.1. The normalized spacial score (nSPS) is 10.1. The second-order valence-corrected chi connectivity index (χ2v) is 16.7. The van der Waals surface area contributed by atoms with Gasteiger partial charge in [0.25, 0.3) is 0 Å². The average Bonchev–Trinajstić information content (AvgIpc) is 2.38. The molecule has 1 radical (unpaired) electrons. The molecule has 10 heteroatoms. The highest BCUT2D eigenvalue weighted by molar-refractivity contribution is 14.3. The molecule has 2 aromatic carbocycles. The van der Waals surface area contributed by atoms with E-state index in [-0.39, 0.29) is 0 Å². The SMILES string of the molecule is Fc1[c]c(F)c2c(F)c(F)c(F)c(F)c2c1F.[I][Mg][I]. The summed E-state index contributed by atoms with van der Waals surface area (Å²) in [5, 5.41) is -3.16. The molecule has 2 rings (SSSR count). The summed E-state index contributed by atoms with van der Waals surface area (Å²) in [5.74, 6) is -14.9. The van der Waals surface area contributed by atoms with E-state index >= 15 is 0 Å². The van der Waals surface area contributed by atoms with Crippen molar-refractivity contribution in [3.05, 3.63) is 46.8 Å². The third kappa shape index (κ3) is 3.43. The summed E-state index contributed by atoms with van der Waals surface area (Å²) >= 11 is 5.18. The van der Waals surface area contributed by atoms with E-state index in [0.717, 1.165) is 6.07 Å². The van der Waals surface area contributed by atoms with Crippen molar-refractivity contribution < 1.29 is 30.7 Å². The zero-order chi connectivity index (χ0) is 15.6. The second-order valence-electron chi connectivity index (χ2n) is 3.17. The van der Waals surface area contributed by atoms with Gasteiger partial charge in [-0.25, -0.2) is 30.7 Å². The summed E-state index contributed by atoms with van der Waals surface area (Å²) in [4.78, 5) is 0. The van der Waals surface area contributed by atoms with Gasteiger partial charge in [0.15, 0.2) is 34.9 Å². The fourth-order valence-corrected chi connectivity index (χ4v) is 1.37. The molecule has 0 aliphatic heterocycles. The van der Waals surface area contributed by atoms with Crippen LogP contribution in [0.2, 0.25) is 0 Å². The number of halogens is 9. The van der Waals surface area contributed by atoms with Gasteiger partial charge in [-0.05, 0) is 0 Å². The number of rotatable bonds is 0. The first-order valence-corrected chi connectivity index (χ1v) is 14.8. The minimum atomic E-state index is -2.35. The Morgan fingerprint density at radius 2 is 1.00 bits per heavy atom. The molecular weight excluding hydrogens is 531 g/mol. The Kier molecular flexibility index (Phi) is 7.05. The van der Waals surface area contributed by atoms with Crippen LogP contribution in [0.1, 0.15) is 0 Å². The first-order chi connectivity index (χ1) is 9.27. The highest BCUT2D eigenvalue weighted by Crippen LogP contribution is 2.31. The molecule has 0 spiro atoms. The van der Waals surface area contributed by atoms with Crippen LogP contribution in [-0.2, 0) is 0 Å². The van der Waals surface area contributed by atoms with Gasteiger partial charge in [0.1, 0.15) is 5.82 Å². The molecule has 0 nitrogen and oxygen atoms in total. The molecule has 0 amide bonds. The van der Waals surface area contributed by atoms with Crippen LogP contribution < -0.4 is 0 Å². The molecule has 0 heterocycles. The van der Waals surface area contributed by atoms with Crippen LogP contribution in [0.5, 0.6) is 0 Å². The molecule has 0 aromatic heterocycles. The molecule has 0 unspecified atom stereocenters. The molecule has 0 aliphatic rings. The van der Waals surface area contributed by atoms with E-state index < -0.39 is 51.5 Å². The van der Waals surface area contributed by atoms with E-state index in [1.807, 2.05) is 0 Å². The Labute approximate surface area is 137 Å². The van der Waals surface area contributed by atoms with Gasteiger partial charge in [0, 0.05) is 0 Å². The monoisotopic (exact) mass is 531 g/mol. The van der Waals surface area contributed by atoms with Crippen LogP contribution >= 0.6 is 37.7 Å².